The number of hydrogen-bond acceptors (Lipinski definition) is 8. The lowest BCUT2D eigenvalue weighted by Gasteiger charge is -2.11. The zero-order valence-electron chi connectivity index (χ0n) is 20.1. The normalized spacial score (nSPS) is 11.0. The van der Waals surface area contributed by atoms with Crippen LogP contribution in [0.5, 0.6) is 17.2 Å². The molecule has 1 aromatic heterocycles. The van der Waals surface area contributed by atoms with Crippen LogP contribution in [0.1, 0.15) is 12.5 Å². The van der Waals surface area contributed by atoms with Gasteiger partial charge in [-0.05, 0) is 79.2 Å². The van der Waals surface area contributed by atoms with Crippen molar-refractivity contribution in [3.63, 3.8) is 0 Å². The molecule has 9 nitrogen and oxygen atoms in total. The Balaban J connectivity index is 1.48. The molecule has 4 aromatic rings. The second-order valence-corrected chi connectivity index (χ2v) is 8.97. The van der Waals surface area contributed by atoms with Crippen molar-refractivity contribution in [1.82, 2.24) is 20.2 Å². The highest BCUT2D eigenvalue weighted by atomic mass is 35.5. The molecule has 190 valence electrons. The molecule has 0 aliphatic carbocycles. The zero-order chi connectivity index (χ0) is 26.2. The molecule has 4 rings (SSSR count). The first-order chi connectivity index (χ1) is 18.0. The number of nitrogens with zero attached hydrogens (tertiary/aromatic N) is 4. The van der Waals surface area contributed by atoms with Crippen molar-refractivity contribution < 1.29 is 19.4 Å². The van der Waals surface area contributed by atoms with E-state index in [1.807, 2.05) is 47.9 Å². The summed E-state index contributed by atoms with van der Waals surface area (Å²) < 4.78 is 12.5. The van der Waals surface area contributed by atoms with Crippen molar-refractivity contribution in [1.29, 1.82) is 0 Å². The minimum absolute atomic E-state index is 0.0400. The number of benzene rings is 3. The van der Waals surface area contributed by atoms with E-state index in [0.29, 0.717) is 33.9 Å². The minimum atomic E-state index is -0.318. The Morgan fingerprint density at radius 3 is 2.59 bits per heavy atom. The van der Waals surface area contributed by atoms with Crippen LogP contribution in [0.3, 0.4) is 0 Å². The van der Waals surface area contributed by atoms with E-state index in [2.05, 4.69) is 20.7 Å². The smallest absolute Gasteiger partial charge is 0.250 e. The van der Waals surface area contributed by atoms with Gasteiger partial charge in [-0.1, -0.05) is 23.4 Å². The summed E-state index contributed by atoms with van der Waals surface area (Å²) in [4.78, 5) is 12.5. The Labute approximate surface area is 223 Å². The second-order valence-electron chi connectivity index (χ2n) is 7.59. The Morgan fingerprint density at radius 2 is 1.89 bits per heavy atom. The fourth-order valence-corrected chi connectivity index (χ4v) is 4.21. The zero-order valence-corrected chi connectivity index (χ0v) is 21.7. The quantitative estimate of drug-likeness (QED) is 0.167. The van der Waals surface area contributed by atoms with Gasteiger partial charge < -0.3 is 14.6 Å². The number of nitrogens with one attached hydrogen (secondary N) is 1. The molecule has 0 unspecified atom stereocenters. The number of halogens is 1. The van der Waals surface area contributed by atoms with Crippen LogP contribution in [-0.4, -0.2) is 51.5 Å². The number of thioether (sulfide) groups is 1. The molecular weight excluding hydrogens is 514 g/mol. The highest BCUT2D eigenvalue weighted by Crippen LogP contribution is 2.30. The van der Waals surface area contributed by atoms with Gasteiger partial charge in [0.25, 0.3) is 5.91 Å². The lowest BCUT2D eigenvalue weighted by molar-refractivity contribution is -0.118. The number of phenols is 1. The van der Waals surface area contributed by atoms with E-state index in [9.17, 15) is 9.90 Å². The number of ether oxygens (including phenoxy) is 2. The molecule has 1 heterocycles. The molecule has 3 aromatic carbocycles. The second kappa shape index (κ2) is 12.3. The van der Waals surface area contributed by atoms with Crippen molar-refractivity contribution in [3.05, 3.63) is 77.3 Å². The topological polar surface area (TPSA) is 111 Å². The fraction of sp³-hybridized carbons (Fsp3) is 0.154. The third-order valence-corrected chi connectivity index (χ3v) is 6.27. The standard InChI is InChI=1S/C26H24ClN5O4S/c1-3-36-23-14-17(4-13-22(23)33)15-28-29-24(34)16-37-26-31-30-25(18-5-11-21(35-2)12-6-18)32(26)20-9-7-19(27)8-10-20/h4-15,33H,3,16H2,1-2H3,(H,29,34)/b28-15-. The van der Waals surface area contributed by atoms with Gasteiger partial charge in [-0.25, -0.2) is 5.43 Å². The van der Waals surface area contributed by atoms with Crippen LogP contribution in [0, 0.1) is 0 Å². The van der Waals surface area contributed by atoms with E-state index in [-0.39, 0.29) is 17.4 Å². The van der Waals surface area contributed by atoms with Gasteiger partial charge in [-0.15, -0.1) is 10.2 Å². The average Bonchev–Trinajstić information content (AvgIpc) is 3.34. The number of phenolic OH excluding ortho intramolecular Hbond substituents is 1. The number of hydrogen-bond donors (Lipinski definition) is 2. The summed E-state index contributed by atoms with van der Waals surface area (Å²) >= 11 is 7.31. The summed E-state index contributed by atoms with van der Waals surface area (Å²) in [5, 5.41) is 23.6. The molecule has 0 aliphatic rings. The molecule has 0 saturated carbocycles. The number of amides is 1. The van der Waals surface area contributed by atoms with Gasteiger partial charge in [0.1, 0.15) is 5.75 Å². The number of rotatable bonds is 10. The third-order valence-electron chi connectivity index (χ3n) is 5.09. The van der Waals surface area contributed by atoms with Gasteiger partial charge in [-0.3, -0.25) is 9.36 Å². The van der Waals surface area contributed by atoms with Crippen LogP contribution in [0.2, 0.25) is 5.02 Å². The Morgan fingerprint density at radius 1 is 1.14 bits per heavy atom. The summed E-state index contributed by atoms with van der Waals surface area (Å²) in [7, 11) is 1.61. The molecule has 0 fully saturated rings. The first-order valence-corrected chi connectivity index (χ1v) is 12.6. The van der Waals surface area contributed by atoms with Crippen LogP contribution < -0.4 is 14.9 Å². The predicted octanol–water partition coefficient (Wildman–Crippen LogP) is 4.94. The van der Waals surface area contributed by atoms with E-state index in [0.717, 1.165) is 17.0 Å². The molecular formula is C26H24ClN5O4S. The van der Waals surface area contributed by atoms with Crippen molar-refractivity contribution in [2.75, 3.05) is 19.5 Å². The predicted molar refractivity (Wildman–Crippen MR) is 144 cm³/mol. The summed E-state index contributed by atoms with van der Waals surface area (Å²) in [5.74, 6) is 1.48. The van der Waals surface area contributed by atoms with Crippen molar-refractivity contribution >= 4 is 35.5 Å². The maximum atomic E-state index is 12.5. The Kier molecular flexibility index (Phi) is 8.65. The third kappa shape index (κ3) is 6.60. The van der Waals surface area contributed by atoms with E-state index in [1.165, 1.54) is 24.0 Å². The van der Waals surface area contributed by atoms with Crippen molar-refractivity contribution in [2.45, 2.75) is 12.1 Å². The molecule has 0 aliphatic heterocycles. The molecule has 11 heteroatoms. The Hall–Kier alpha value is -4.02. The number of methoxy groups -OCH3 is 1. The van der Waals surface area contributed by atoms with Gasteiger partial charge in [0, 0.05) is 16.3 Å². The van der Waals surface area contributed by atoms with Gasteiger partial charge >= 0.3 is 0 Å². The number of hydrazone groups is 1. The molecule has 2 N–H and O–H groups in total. The monoisotopic (exact) mass is 537 g/mol. The molecule has 0 saturated heterocycles. The van der Waals surface area contributed by atoms with E-state index in [4.69, 9.17) is 21.1 Å². The number of aromatic hydroxyl groups is 1. The number of aromatic nitrogens is 3. The molecule has 1 amide bonds. The number of carbonyl (C=O) groups excluding carboxylic acids is 1. The summed E-state index contributed by atoms with van der Waals surface area (Å²) in [6, 6.07) is 19.6. The largest absolute Gasteiger partial charge is 0.504 e. The lowest BCUT2D eigenvalue weighted by Crippen LogP contribution is -2.20. The molecule has 0 bridgehead atoms. The summed E-state index contributed by atoms with van der Waals surface area (Å²) in [5.41, 5.74) is 4.81. The van der Waals surface area contributed by atoms with Crippen LogP contribution in [0.15, 0.2) is 77.0 Å². The van der Waals surface area contributed by atoms with Crippen molar-refractivity contribution in [2.24, 2.45) is 5.10 Å². The van der Waals surface area contributed by atoms with Gasteiger partial charge in [0.05, 0.1) is 25.7 Å². The first-order valence-electron chi connectivity index (χ1n) is 11.2. The molecule has 0 radical (unpaired) electrons. The summed E-state index contributed by atoms with van der Waals surface area (Å²) in [6.45, 7) is 2.24. The summed E-state index contributed by atoms with van der Waals surface area (Å²) in [6.07, 6.45) is 1.47. The average molecular weight is 538 g/mol. The Bertz CT molecular complexity index is 1390. The highest BCUT2D eigenvalue weighted by Gasteiger charge is 2.17. The SMILES string of the molecule is CCOc1cc(/C=N\NC(=O)CSc2nnc(-c3ccc(OC)cc3)n2-c2ccc(Cl)cc2)ccc1O. The molecule has 0 spiro atoms. The van der Waals surface area contributed by atoms with Crippen LogP contribution >= 0.6 is 23.4 Å². The maximum Gasteiger partial charge on any atom is 0.250 e. The maximum absolute atomic E-state index is 12.5. The van der Waals surface area contributed by atoms with Crippen LogP contribution in [-0.2, 0) is 4.79 Å². The fourth-order valence-electron chi connectivity index (χ4n) is 3.34. The van der Waals surface area contributed by atoms with E-state index in [1.54, 1.807) is 31.4 Å². The van der Waals surface area contributed by atoms with Gasteiger partial charge in [-0.2, -0.15) is 5.10 Å². The van der Waals surface area contributed by atoms with Crippen molar-refractivity contribution in [3.8, 4) is 34.3 Å². The highest BCUT2D eigenvalue weighted by molar-refractivity contribution is 7.99. The first kappa shape index (κ1) is 26.1. The molecule has 0 atom stereocenters. The molecule has 37 heavy (non-hydrogen) atoms. The van der Waals surface area contributed by atoms with Gasteiger partial charge in [0.15, 0.2) is 22.5 Å². The minimum Gasteiger partial charge on any atom is -0.504 e. The van der Waals surface area contributed by atoms with E-state index < -0.39 is 0 Å². The lowest BCUT2D eigenvalue weighted by atomic mass is 10.2. The number of carbonyl (C=O) groups is 1. The van der Waals surface area contributed by atoms with E-state index >= 15 is 0 Å². The van der Waals surface area contributed by atoms with Crippen LogP contribution in [0.25, 0.3) is 17.1 Å². The van der Waals surface area contributed by atoms with Crippen LogP contribution in [0.4, 0.5) is 0 Å². The van der Waals surface area contributed by atoms with Gasteiger partial charge in [0.2, 0.25) is 0 Å².